The van der Waals surface area contributed by atoms with Gasteiger partial charge in [-0.15, -0.1) is 11.8 Å². The topological polar surface area (TPSA) is 0 Å². The Hall–Kier alpha value is -2.20. The van der Waals surface area contributed by atoms with E-state index in [1.165, 1.54) is 30.3 Å². The minimum Gasteiger partial charge on any atom is -0.216 e. The molecule has 4 heteroatoms. The van der Waals surface area contributed by atoms with Crippen molar-refractivity contribution in [3.63, 3.8) is 0 Å². The summed E-state index contributed by atoms with van der Waals surface area (Å²) in [5.74, 6) is -0.664. The molecule has 0 nitrogen and oxygen atoms in total. The number of allylic oxidation sites excluding steroid dienone is 4. The molecule has 0 atom stereocenters. The first-order chi connectivity index (χ1) is 13.9. The average Bonchev–Trinajstić information content (AvgIpc) is 2.72. The summed E-state index contributed by atoms with van der Waals surface area (Å²) in [5.41, 5.74) is 2.49. The van der Waals surface area contributed by atoms with Gasteiger partial charge in [-0.1, -0.05) is 70.2 Å². The zero-order valence-electron chi connectivity index (χ0n) is 17.6. The van der Waals surface area contributed by atoms with Gasteiger partial charge in [0.05, 0.1) is 11.1 Å². The molecule has 0 unspecified atom stereocenters. The molecule has 0 amide bonds. The second-order valence-electron chi connectivity index (χ2n) is 6.30. The number of hydrogen-bond acceptors (Lipinski definition) is 1. The van der Waals surface area contributed by atoms with E-state index < -0.39 is 4.75 Å². The van der Waals surface area contributed by atoms with Gasteiger partial charge in [-0.3, -0.25) is 0 Å². The van der Waals surface area contributed by atoms with Crippen molar-refractivity contribution in [1.29, 1.82) is 0 Å². The smallest absolute Gasteiger partial charge is 0.123 e. The Labute approximate surface area is 177 Å². The Bertz CT molecular complexity index is 771. The fraction of sp³-hybridized carbons (Fsp3) is 0.280. The van der Waals surface area contributed by atoms with Crippen LogP contribution < -0.4 is 0 Å². The van der Waals surface area contributed by atoms with Gasteiger partial charge in [0, 0.05) is 5.25 Å². The first kappa shape index (κ1) is 24.8. The third-order valence-electron chi connectivity index (χ3n) is 4.02. The number of hydrogen-bond donors (Lipinski definition) is 0. The lowest BCUT2D eigenvalue weighted by Gasteiger charge is -2.37. The van der Waals surface area contributed by atoms with Crippen LogP contribution in [0.15, 0.2) is 84.7 Å². The Morgan fingerprint density at radius 2 is 1.34 bits per heavy atom. The molecule has 0 radical (unpaired) electrons. The third kappa shape index (κ3) is 6.40. The highest BCUT2D eigenvalue weighted by Crippen LogP contribution is 2.51. The van der Waals surface area contributed by atoms with Gasteiger partial charge in [0.2, 0.25) is 0 Å². The molecule has 0 fully saturated rings. The van der Waals surface area contributed by atoms with Gasteiger partial charge in [-0.25, -0.2) is 13.2 Å². The number of thioether (sulfide) groups is 1. The number of benzene rings is 2. The molecule has 0 aromatic heterocycles. The molecule has 0 bridgehead atoms. The predicted octanol–water partition coefficient (Wildman–Crippen LogP) is 8.36. The summed E-state index contributed by atoms with van der Waals surface area (Å²) in [5, 5.41) is 0.197. The largest absolute Gasteiger partial charge is 0.216 e. The van der Waals surface area contributed by atoms with Crippen LogP contribution in [-0.2, 0) is 4.75 Å². The summed E-state index contributed by atoms with van der Waals surface area (Å²) in [6, 6.07) is 12.5. The van der Waals surface area contributed by atoms with Crippen molar-refractivity contribution in [2.24, 2.45) is 0 Å². The average molecular weight is 419 g/mol. The predicted molar refractivity (Wildman–Crippen MR) is 121 cm³/mol. The molecule has 0 aliphatic rings. The molecule has 0 N–H and O–H groups in total. The van der Waals surface area contributed by atoms with E-state index in [9.17, 15) is 13.2 Å². The molecule has 2 rings (SSSR count). The number of rotatable bonds is 7. The van der Waals surface area contributed by atoms with Crippen molar-refractivity contribution in [2.45, 2.75) is 44.6 Å². The molecule has 156 valence electrons. The molecular formula is C25H29F3S. The summed E-state index contributed by atoms with van der Waals surface area (Å²) in [6.07, 6.45) is 7.28. The molecular weight excluding hydrogens is 389 g/mol. The summed E-state index contributed by atoms with van der Waals surface area (Å²) in [7, 11) is 0. The first-order valence-electron chi connectivity index (χ1n) is 9.74. The van der Waals surface area contributed by atoms with E-state index in [0.29, 0.717) is 6.33 Å². The van der Waals surface area contributed by atoms with Crippen molar-refractivity contribution in [3.8, 4) is 0 Å². The van der Waals surface area contributed by atoms with Gasteiger partial charge in [-0.2, -0.15) is 0 Å². The SMILES string of the molecule is CC.C\C=C/C(=C\C=C\F)C(SC(C)C)(c1ccc(F)cc1)c1ccc(F)cc1. The van der Waals surface area contributed by atoms with Gasteiger partial charge in [0.25, 0.3) is 0 Å². The Morgan fingerprint density at radius 3 is 1.69 bits per heavy atom. The Morgan fingerprint density at radius 1 is 0.897 bits per heavy atom. The minimum absolute atomic E-state index is 0.197. The van der Waals surface area contributed by atoms with Crippen LogP contribution >= 0.6 is 11.8 Å². The van der Waals surface area contributed by atoms with E-state index in [0.717, 1.165) is 16.7 Å². The van der Waals surface area contributed by atoms with Crippen LogP contribution in [0.1, 0.15) is 45.7 Å². The standard InChI is InChI=1S/C23H23F3S.C2H6/c1-4-6-18(7-5-16-24)23(27-17(2)3,19-8-12-21(25)13-9-19)20-10-14-22(26)15-11-20;1-2/h4-17H,1-3H3;1-2H3/b6-4-,16-5+,18-7+;. The zero-order chi connectivity index (χ0) is 21.9. The van der Waals surface area contributed by atoms with Crippen LogP contribution in [0.25, 0.3) is 0 Å². The second-order valence-corrected chi connectivity index (χ2v) is 8.09. The lowest BCUT2D eigenvalue weighted by Crippen LogP contribution is -2.28. The molecule has 2 aromatic carbocycles. The van der Waals surface area contributed by atoms with Crippen LogP contribution in [0.5, 0.6) is 0 Å². The fourth-order valence-corrected chi connectivity index (χ4v) is 4.56. The highest BCUT2D eigenvalue weighted by molar-refractivity contribution is 8.01. The summed E-state index contributed by atoms with van der Waals surface area (Å²) in [6.45, 7) is 10.0. The van der Waals surface area contributed by atoms with E-state index in [2.05, 4.69) is 13.8 Å². The molecule has 0 heterocycles. The van der Waals surface area contributed by atoms with Crippen molar-refractivity contribution in [2.75, 3.05) is 0 Å². The zero-order valence-corrected chi connectivity index (χ0v) is 18.4. The maximum atomic E-state index is 13.6. The van der Waals surface area contributed by atoms with Crippen molar-refractivity contribution >= 4 is 11.8 Å². The Kier molecular flexibility index (Phi) is 10.6. The molecule has 0 saturated heterocycles. The van der Waals surface area contributed by atoms with Gasteiger partial charge in [-0.05, 0) is 54.0 Å². The van der Waals surface area contributed by atoms with Gasteiger partial charge >= 0.3 is 0 Å². The van der Waals surface area contributed by atoms with Crippen LogP contribution in [0, 0.1) is 11.6 Å². The van der Waals surface area contributed by atoms with Gasteiger partial charge in [0.1, 0.15) is 11.6 Å². The summed E-state index contributed by atoms with van der Waals surface area (Å²) >= 11 is 1.64. The van der Waals surface area contributed by atoms with E-state index in [1.54, 1.807) is 42.1 Å². The van der Waals surface area contributed by atoms with Crippen LogP contribution in [0.3, 0.4) is 0 Å². The van der Waals surface area contributed by atoms with E-state index >= 15 is 0 Å². The maximum absolute atomic E-state index is 13.6. The molecule has 0 spiro atoms. The Balaban J connectivity index is 0.00000204. The highest BCUT2D eigenvalue weighted by atomic mass is 32.2. The van der Waals surface area contributed by atoms with Crippen LogP contribution in [0.2, 0.25) is 0 Å². The monoisotopic (exact) mass is 418 g/mol. The van der Waals surface area contributed by atoms with E-state index in [1.807, 2.05) is 32.9 Å². The lowest BCUT2D eigenvalue weighted by atomic mass is 9.83. The van der Waals surface area contributed by atoms with Crippen LogP contribution in [-0.4, -0.2) is 5.25 Å². The molecule has 29 heavy (non-hydrogen) atoms. The number of halogens is 3. The summed E-state index contributed by atoms with van der Waals surface area (Å²) in [4.78, 5) is 0. The second kappa shape index (κ2) is 12.4. The summed E-state index contributed by atoms with van der Waals surface area (Å²) < 4.78 is 39.2. The normalized spacial score (nSPS) is 12.5. The first-order valence-corrected chi connectivity index (χ1v) is 10.6. The van der Waals surface area contributed by atoms with Crippen LogP contribution in [0.4, 0.5) is 13.2 Å². The van der Waals surface area contributed by atoms with Crippen molar-refractivity contribution in [1.82, 2.24) is 0 Å². The molecule has 0 aliphatic carbocycles. The van der Waals surface area contributed by atoms with Crippen molar-refractivity contribution in [3.05, 3.63) is 107 Å². The van der Waals surface area contributed by atoms with E-state index in [-0.39, 0.29) is 16.9 Å². The minimum atomic E-state index is -0.748. The molecule has 2 aromatic rings. The lowest BCUT2D eigenvalue weighted by molar-refractivity contribution is 0.625. The van der Waals surface area contributed by atoms with Gasteiger partial charge < -0.3 is 0 Å². The van der Waals surface area contributed by atoms with Crippen molar-refractivity contribution < 1.29 is 13.2 Å². The van der Waals surface area contributed by atoms with Gasteiger partial charge in [0.15, 0.2) is 0 Å². The quantitative estimate of drug-likeness (QED) is 0.407. The molecule has 0 saturated carbocycles. The fourth-order valence-electron chi connectivity index (χ4n) is 3.04. The highest BCUT2D eigenvalue weighted by Gasteiger charge is 2.38. The third-order valence-corrected chi connectivity index (χ3v) is 5.55. The molecule has 0 aliphatic heterocycles. The van der Waals surface area contributed by atoms with E-state index in [4.69, 9.17) is 0 Å². The maximum Gasteiger partial charge on any atom is 0.123 e.